The number of ether oxygens (including phenoxy) is 1. The summed E-state index contributed by atoms with van der Waals surface area (Å²) in [6, 6.07) is 4.77. The number of carbonyl (C=O) groups is 1. The van der Waals surface area contributed by atoms with Crippen molar-refractivity contribution in [3.63, 3.8) is 0 Å². The molecule has 1 heterocycles. The van der Waals surface area contributed by atoms with E-state index in [9.17, 15) is 9.18 Å². The largest absolute Gasteiger partial charge is 0.478 e. The molecule has 1 amide bonds. The highest BCUT2D eigenvalue weighted by Gasteiger charge is 2.28. The molecule has 2 rings (SSSR count). The summed E-state index contributed by atoms with van der Waals surface area (Å²) in [6.07, 6.45) is 1.20. The maximum Gasteiger partial charge on any atom is 0.263 e. The van der Waals surface area contributed by atoms with E-state index >= 15 is 0 Å². The number of nitrogens with zero attached hydrogens (tertiary/aromatic N) is 2. The molecule has 0 saturated carbocycles. The van der Waals surface area contributed by atoms with Crippen LogP contribution in [0.3, 0.4) is 0 Å². The average Bonchev–Trinajstić information content (AvgIpc) is 2.49. The molecule has 0 spiro atoms. The van der Waals surface area contributed by atoms with Gasteiger partial charge in [0.15, 0.2) is 17.7 Å². The SMILES string of the molecule is C[C@H](Oc1ccc(Br)cc1F)C(=O)N(C)C1CCN(C)CC1. The molecule has 1 aliphatic heterocycles. The van der Waals surface area contributed by atoms with E-state index in [1.54, 1.807) is 24.9 Å². The number of likely N-dealkylation sites (tertiary alicyclic amines) is 1. The molecule has 0 bridgehead atoms. The Kier molecular flexibility index (Phi) is 5.81. The number of piperidine rings is 1. The summed E-state index contributed by atoms with van der Waals surface area (Å²) in [4.78, 5) is 16.5. The van der Waals surface area contributed by atoms with Crippen LogP contribution in [0, 0.1) is 5.82 Å². The number of halogens is 2. The van der Waals surface area contributed by atoms with E-state index in [0.717, 1.165) is 25.9 Å². The van der Waals surface area contributed by atoms with Crippen molar-refractivity contribution in [3.05, 3.63) is 28.5 Å². The zero-order valence-corrected chi connectivity index (χ0v) is 14.8. The first-order valence-electron chi connectivity index (χ1n) is 7.45. The van der Waals surface area contributed by atoms with Crippen molar-refractivity contribution in [2.24, 2.45) is 0 Å². The van der Waals surface area contributed by atoms with Gasteiger partial charge in [0.2, 0.25) is 0 Å². The molecule has 1 atom stereocenters. The van der Waals surface area contributed by atoms with Crippen molar-refractivity contribution < 1.29 is 13.9 Å². The number of hydrogen-bond donors (Lipinski definition) is 0. The van der Waals surface area contributed by atoms with Crippen LogP contribution in [0.25, 0.3) is 0 Å². The number of carbonyl (C=O) groups excluding carboxylic acids is 1. The molecule has 0 aromatic heterocycles. The van der Waals surface area contributed by atoms with E-state index in [2.05, 4.69) is 27.9 Å². The van der Waals surface area contributed by atoms with Gasteiger partial charge in [0.05, 0.1) is 0 Å². The Bertz CT molecular complexity index is 533. The second-order valence-corrected chi connectivity index (χ2v) is 6.73. The van der Waals surface area contributed by atoms with Crippen LogP contribution in [0.15, 0.2) is 22.7 Å². The van der Waals surface area contributed by atoms with Crippen LogP contribution in [-0.2, 0) is 4.79 Å². The van der Waals surface area contributed by atoms with E-state index in [1.807, 2.05) is 0 Å². The van der Waals surface area contributed by atoms with E-state index in [4.69, 9.17) is 4.74 Å². The zero-order valence-electron chi connectivity index (χ0n) is 13.2. The highest BCUT2D eigenvalue weighted by atomic mass is 79.9. The summed E-state index contributed by atoms with van der Waals surface area (Å²) in [5.41, 5.74) is 0. The van der Waals surface area contributed by atoms with Crippen LogP contribution in [-0.4, -0.2) is 55.0 Å². The molecule has 0 unspecified atom stereocenters. The van der Waals surface area contributed by atoms with Crippen LogP contribution < -0.4 is 4.74 Å². The third-order valence-corrected chi connectivity index (χ3v) is 4.62. The van der Waals surface area contributed by atoms with Gasteiger partial charge >= 0.3 is 0 Å². The summed E-state index contributed by atoms with van der Waals surface area (Å²) in [5, 5.41) is 0. The Labute approximate surface area is 139 Å². The van der Waals surface area contributed by atoms with Crippen LogP contribution in [0.4, 0.5) is 4.39 Å². The van der Waals surface area contributed by atoms with Crippen molar-refractivity contribution >= 4 is 21.8 Å². The van der Waals surface area contributed by atoms with Crippen molar-refractivity contribution in [1.29, 1.82) is 0 Å². The predicted octanol–water partition coefficient (Wildman–Crippen LogP) is 2.91. The summed E-state index contributed by atoms with van der Waals surface area (Å²) < 4.78 is 19.9. The molecule has 1 aromatic carbocycles. The average molecular weight is 373 g/mol. The Morgan fingerprint density at radius 3 is 2.68 bits per heavy atom. The van der Waals surface area contributed by atoms with E-state index in [1.165, 1.54) is 12.1 Å². The maximum atomic E-state index is 13.8. The smallest absolute Gasteiger partial charge is 0.263 e. The third kappa shape index (κ3) is 4.20. The third-order valence-electron chi connectivity index (χ3n) is 4.13. The minimum Gasteiger partial charge on any atom is -0.478 e. The lowest BCUT2D eigenvalue weighted by molar-refractivity contribution is -0.139. The van der Waals surface area contributed by atoms with Gasteiger partial charge in [0.1, 0.15) is 0 Å². The molecule has 1 fully saturated rings. The van der Waals surface area contributed by atoms with Gasteiger partial charge in [-0.3, -0.25) is 4.79 Å². The van der Waals surface area contributed by atoms with Crippen molar-refractivity contribution in [2.75, 3.05) is 27.2 Å². The fourth-order valence-electron chi connectivity index (χ4n) is 2.66. The van der Waals surface area contributed by atoms with Crippen LogP contribution >= 0.6 is 15.9 Å². The number of likely N-dealkylation sites (N-methyl/N-ethyl adjacent to an activating group) is 1. The first-order chi connectivity index (χ1) is 10.4. The number of hydrogen-bond acceptors (Lipinski definition) is 3. The number of rotatable bonds is 4. The van der Waals surface area contributed by atoms with Gasteiger partial charge in [-0.15, -0.1) is 0 Å². The van der Waals surface area contributed by atoms with E-state index in [0.29, 0.717) is 4.47 Å². The van der Waals surface area contributed by atoms with Gasteiger partial charge in [-0.1, -0.05) is 15.9 Å². The Morgan fingerprint density at radius 1 is 1.45 bits per heavy atom. The first-order valence-corrected chi connectivity index (χ1v) is 8.24. The molecule has 1 aromatic rings. The number of benzene rings is 1. The fraction of sp³-hybridized carbons (Fsp3) is 0.562. The molecule has 122 valence electrons. The molecular formula is C16H22BrFN2O2. The molecular weight excluding hydrogens is 351 g/mol. The standard InChI is InChI=1S/C16H22BrFN2O2/c1-11(22-15-5-4-12(17)10-14(15)18)16(21)20(3)13-6-8-19(2)9-7-13/h4-5,10-11,13H,6-9H2,1-3H3/t11-/m0/s1. The molecule has 0 radical (unpaired) electrons. The monoisotopic (exact) mass is 372 g/mol. The normalized spacial score (nSPS) is 18.0. The van der Waals surface area contributed by atoms with Crippen LogP contribution in [0.5, 0.6) is 5.75 Å². The Morgan fingerprint density at radius 2 is 2.09 bits per heavy atom. The van der Waals surface area contributed by atoms with Crippen molar-refractivity contribution in [1.82, 2.24) is 9.80 Å². The van der Waals surface area contributed by atoms with Gasteiger partial charge in [0.25, 0.3) is 5.91 Å². The first kappa shape index (κ1) is 17.2. The fourth-order valence-corrected chi connectivity index (χ4v) is 2.99. The van der Waals surface area contributed by atoms with Crippen LogP contribution in [0.1, 0.15) is 19.8 Å². The van der Waals surface area contributed by atoms with E-state index in [-0.39, 0.29) is 17.7 Å². The molecule has 1 aliphatic rings. The minimum absolute atomic E-state index is 0.0980. The van der Waals surface area contributed by atoms with Gasteiger partial charge in [0, 0.05) is 17.6 Å². The minimum atomic E-state index is -0.708. The van der Waals surface area contributed by atoms with Gasteiger partial charge in [-0.2, -0.15) is 0 Å². The summed E-state index contributed by atoms with van der Waals surface area (Å²) >= 11 is 3.20. The van der Waals surface area contributed by atoms with Gasteiger partial charge in [-0.05, 0) is 58.1 Å². The summed E-state index contributed by atoms with van der Waals surface area (Å²) in [6.45, 7) is 3.63. The maximum absolute atomic E-state index is 13.8. The van der Waals surface area contributed by atoms with Gasteiger partial charge < -0.3 is 14.5 Å². The van der Waals surface area contributed by atoms with Crippen molar-refractivity contribution in [3.8, 4) is 5.75 Å². The predicted molar refractivity (Wildman–Crippen MR) is 87.5 cm³/mol. The molecule has 4 nitrogen and oxygen atoms in total. The molecule has 0 N–H and O–H groups in total. The quantitative estimate of drug-likeness (QED) is 0.814. The Balaban J connectivity index is 1.96. The molecule has 1 saturated heterocycles. The second-order valence-electron chi connectivity index (χ2n) is 5.82. The van der Waals surface area contributed by atoms with E-state index < -0.39 is 11.9 Å². The van der Waals surface area contributed by atoms with Gasteiger partial charge in [-0.25, -0.2) is 4.39 Å². The molecule has 0 aliphatic carbocycles. The summed E-state index contributed by atoms with van der Waals surface area (Å²) in [7, 11) is 3.89. The topological polar surface area (TPSA) is 32.8 Å². The molecule has 22 heavy (non-hydrogen) atoms. The highest BCUT2D eigenvalue weighted by Crippen LogP contribution is 2.23. The lowest BCUT2D eigenvalue weighted by Gasteiger charge is -2.36. The summed E-state index contributed by atoms with van der Waals surface area (Å²) in [5.74, 6) is -0.492. The second kappa shape index (κ2) is 7.42. The molecule has 6 heteroatoms. The Hall–Kier alpha value is -1.14. The highest BCUT2D eigenvalue weighted by molar-refractivity contribution is 9.10. The lowest BCUT2D eigenvalue weighted by atomic mass is 10.0. The van der Waals surface area contributed by atoms with Crippen molar-refractivity contribution in [2.45, 2.75) is 31.9 Å². The zero-order chi connectivity index (χ0) is 16.3. The lowest BCUT2D eigenvalue weighted by Crippen LogP contribution is -2.48. The number of amides is 1. The van der Waals surface area contributed by atoms with Crippen LogP contribution in [0.2, 0.25) is 0 Å².